The van der Waals surface area contributed by atoms with Crippen LogP contribution in [0.3, 0.4) is 0 Å². The molecule has 1 aliphatic heterocycles. The Hall–Kier alpha value is -2.64. The lowest BCUT2D eigenvalue weighted by molar-refractivity contribution is 0.0523. The second kappa shape index (κ2) is 10.1. The molecule has 0 saturated heterocycles. The molecule has 2 aromatic rings. The van der Waals surface area contributed by atoms with Gasteiger partial charge in [0.2, 0.25) is 0 Å². The van der Waals surface area contributed by atoms with E-state index < -0.39 is 5.97 Å². The second-order valence-corrected chi connectivity index (χ2v) is 8.05. The molecule has 7 nitrogen and oxygen atoms in total. The average Bonchev–Trinajstić information content (AvgIpc) is 2.75. The summed E-state index contributed by atoms with van der Waals surface area (Å²) in [6, 6.07) is 5.42. The standard InChI is InChI=1S/C24H31NO6/c1-5-30-24(28)19-13-25-20(15(2)3)10-16-11-23(31-8-6-7-29-4)17(14-26)9-18(16)21(25)12-22(19)27/h9,11-13,15,20,26H,5-8,10,14H2,1-4H3. The summed E-state index contributed by atoms with van der Waals surface area (Å²) in [4.78, 5) is 25.0. The highest BCUT2D eigenvalue weighted by molar-refractivity contribution is 5.89. The van der Waals surface area contributed by atoms with Crippen molar-refractivity contribution < 1.29 is 24.1 Å². The van der Waals surface area contributed by atoms with E-state index in [9.17, 15) is 14.7 Å². The number of esters is 1. The molecule has 7 heteroatoms. The summed E-state index contributed by atoms with van der Waals surface area (Å²) >= 11 is 0. The maximum atomic E-state index is 12.7. The fourth-order valence-corrected chi connectivity index (χ4v) is 4.00. The van der Waals surface area contributed by atoms with Crippen LogP contribution in [-0.2, 0) is 22.5 Å². The van der Waals surface area contributed by atoms with E-state index in [4.69, 9.17) is 14.2 Å². The smallest absolute Gasteiger partial charge is 0.343 e. The molecule has 3 rings (SSSR count). The molecule has 0 radical (unpaired) electrons. The Kier molecular flexibility index (Phi) is 7.51. The summed E-state index contributed by atoms with van der Waals surface area (Å²) in [6.07, 6.45) is 3.10. The van der Waals surface area contributed by atoms with Gasteiger partial charge in [0, 0.05) is 49.6 Å². The molecule has 168 valence electrons. The third kappa shape index (κ3) is 4.83. The van der Waals surface area contributed by atoms with Crippen molar-refractivity contribution in [3.05, 3.63) is 51.3 Å². The van der Waals surface area contributed by atoms with Gasteiger partial charge in [-0.1, -0.05) is 13.8 Å². The summed E-state index contributed by atoms with van der Waals surface area (Å²) in [6.45, 7) is 7.08. The van der Waals surface area contributed by atoms with E-state index in [0.29, 0.717) is 24.5 Å². The van der Waals surface area contributed by atoms with Crippen LogP contribution < -0.4 is 10.2 Å². The summed E-state index contributed by atoms with van der Waals surface area (Å²) < 4.78 is 18.0. The number of aliphatic hydroxyl groups excluding tert-OH is 1. The van der Waals surface area contributed by atoms with Crippen LogP contribution in [0.4, 0.5) is 0 Å². The van der Waals surface area contributed by atoms with Crippen LogP contribution in [0.2, 0.25) is 0 Å². The zero-order valence-electron chi connectivity index (χ0n) is 18.6. The highest BCUT2D eigenvalue weighted by Gasteiger charge is 2.29. The van der Waals surface area contributed by atoms with E-state index in [-0.39, 0.29) is 36.2 Å². The van der Waals surface area contributed by atoms with E-state index in [0.717, 1.165) is 29.7 Å². The van der Waals surface area contributed by atoms with Gasteiger partial charge in [-0.15, -0.1) is 0 Å². The van der Waals surface area contributed by atoms with E-state index in [1.54, 1.807) is 20.2 Å². The fraction of sp³-hybridized carbons (Fsp3) is 0.500. The Morgan fingerprint density at radius 2 is 2.03 bits per heavy atom. The monoisotopic (exact) mass is 429 g/mol. The molecule has 1 atom stereocenters. The van der Waals surface area contributed by atoms with Crippen molar-refractivity contribution in [3.8, 4) is 17.0 Å². The number of hydrogen-bond acceptors (Lipinski definition) is 6. The summed E-state index contributed by atoms with van der Waals surface area (Å²) in [5, 5.41) is 9.91. The second-order valence-electron chi connectivity index (χ2n) is 8.05. The predicted molar refractivity (Wildman–Crippen MR) is 118 cm³/mol. The van der Waals surface area contributed by atoms with Gasteiger partial charge >= 0.3 is 5.97 Å². The number of rotatable bonds is 9. The predicted octanol–water partition coefficient (Wildman–Crippen LogP) is 3.35. The number of pyridine rings is 1. The number of aromatic nitrogens is 1. The Morgan fingerprint density at radius 3 is 2.68 bits per heavy atom. The van der Waals surface area contributed by atoms with Crippen LogP contribution in [0.5, 0.6) is 5.75 Å². The lowest BCUT2D eigenvalue weighted by Crippen LogP contribution is -2.28. The van der Waals surface area contributed by atoms with E-state index in [1.807, 2.05) is 16.7 Å². The average molecular weight is 430 g/mol. The Labute approximate surface area is 182 Å². The molecule has 0 aliphatic carbocycles. The van der Waals surface area contributed by atoms with Gasteiger partial charge in [-0.3, -0.25) is 4.79 Å². The van der Waals surface area contributed by atoms with Gasteiger partial charge in [0.25, 0.3) is 0 Å². The molecule has 31 heavy (non-hydrogen) atoms. The fourth-order valence-electron chi connectivity index (χ4n) is 4.00. The lowest BCUT2D eigenvalue weighted by Gasteiger charge is -2.34. The summed E-state index contributed by atoms with van der Waals surface area (Å²) in [7, 11) is 1.65. The summed E-state index contributed by atoms with van der Waals surface area (Å²) in [5.41, 5.74) is 3.00. The zero-order valence-corrected chi connectivity index (χ0v) is 18.6. The number of fused-ring (bicyclic) bond motifs is 3. The Morgan fingerprint density at radius 1 is 1.26 bits per heavy atom. The van der Waals surface area contributed by atoms with E-state index in [2.05, 4.69) is 13.8 Å². The number of hydrogen-bond donors (Lipinski definition) is 1. The van der Waals surface area contributed by atoms with Gasteiger partial charge in [0.05, 0.1) is 25.5 Å². The van der Waals surface area contributed by atoms with Gasteiger partial charge in [0.15, 0.2) is 5.43 Å². The van der Waals surface area contributed by atoms with Crippen molar-refractivity contribution in [2.24, 2.45) is 5.92 Å². The first-order chi connectivity index (χ1) is 14.9. The number of methoxy groups -OCH3 is 1. The molecule has 1 aromatic heterocycles. The minimum atomic E-state index is -0.605. The maximum Gasteiger partial charge on any atom is 0.343 e. The van der Waals surface area contributed by atoms with Gasteiger partial charge in [-0.05, 0) is 37.0 Å². The Balaban J connectivity index is 2.09. The molecule has 0 bridgehead atoms. The number of carbonyl (C=O) groups excluding carboxylic acids is 1. The van der Waals surface area contributed by atoms with Crippen LogP contribution in [0.25, 0.3) is 11.3 Å². The van der Waals surface area contributed by atoms with Crippen LogP contribution in [0.1, 0.15) is 54.7 Å². The molecule has 0 saturated carbocycles. The van der Waals surface area contributed by atoms with Crippen LogP contribution >= 0.6 is 0 Å². The molecule has 0 fully saturated rings. The first-order valence-electron chi connectivity index (χ1n) is 10.7. The highest BCUT2D eigenvalue weighted by atomic mass is 16.5. The largest absolute Gasteiger partial charge is 0.493 e. The maximum absolute atomic E-state index is 12.7. The number of aliphatic hydroxyl groups is 1. The molecular weight excluding hydrogens is 398 g/mol. The Bertz CT molecular complexity index is 994. The van der Waals surface area contributed by atoms with Crippen molar-refractivity contribution in [2.75, 3.05) is 26.9 Å². The zero-order chi connectivity index (χ0) is 22.5. The molecule has 1 N–H and O–H groups in total. The van der Waals surface area contributed by atoms with E-state index in [1.165, 1.54) is 6.07 Å². The van der Waals surface area contributed by atoms with Crippen LogP contribution in [0.15, 0.2) is 29.2 Å². The molecule has 0 spiro atoms. The number of ether oxygens (including phenoxy) is 3. The SMILES string of the molecule is CCOC(=O)c1cn2c(cc1=O)-c1cc(CO)c(OCCCOC)cc1CC2C(C)C. The first kappa shape index (κ1) is 23.0. The van der Waals surface area contributed by atoms with Crippen molar-refractivity contribution in [2.45, 2.75) is 46.3 Å². The first-order valence-corrected chi connectivity index (χ1v) is 10.7. The third-order valence-corrected chi connectivity index (χ3v) is 5.61. The van der Waals surface area contributed by atoms with Gasteiger partial charge < -0.3 is 23.9 Å². The van der Waals surface area contributed by atoms with Crippen molar-refractivity contribution in [1.29, 1.82) is 0 Å². The molecule has 0 amide bonds. The van der Waals surface area contributed by atoms with Gasteiger partial charge in [-0.2, -0.15) is 0 Å². The number of benzene rings is 1. The van der Waals surface area contributed by atoms with Crippen LogP contribution in [-0.4, -0.2) is 42.6 Å². The normalized spacial score (nSPS) is 14.8. The quantitative estimate of drug-likeness (QED) is 0.486. The third-order valence-electron chi connectivity index (χ3n) is 5.61. The number of carbonyl (C=O) groups is 1. The van der Waals surface area contributed by atoms with Crippen LogP contribution in [0, 0.1) is 5.92 Å². The minimum Gasteiger partial charge on any atom is -0.493 e. The van der Waals surface area contributed by atoms with Crippen molar-refractivity contribution in [3.63, 3.8) is 0 Å². The molecule has 1 unspecified atom stereocenters. The van der Waals surface area contributed by atoms with Crippen molar-refractivity contribution >= 4 is 5.97 Å². The molecule has 2 heterocycles. The molecule has 1 aliphatic rings. The number of nitrogens with zero attached hydrogens (tertiary/aromatic N) is 1. The lowest BCUT2D eigenvalue weighted by atomic mass is 9.86. The highest BCUT2D eigenvalue weighted by Crippen LogP contribution is 2.40. The minimum absolute atomic E-state index is 0.0418. The topological polar surface area (TPSA) is 87.0 Å². The van der Waals surface area contributed by atoms with Gasteiger partial charge in [0.1, 0.15) is 11.3 Å². The summed E-state index contributed by atoms with van der Waals surface area (Å²) in [5.74, 6) is 0.318. The molecule has 1 aromatic carbocycles. The molecular formula is C24H31NO6. The van der Waals surface area contributed by atoms with Crippen molar-refractivity contribution in [1.82, 2.24) is 4.57 Å². The van der Waals surface area contributed by atoms with E-state index >= 15 is 0 Å². The van der Waals surface area contributed by atoms with Gasteiger partial charge in [-0.25, -0.2) is 4.79 Å².